The molecule has 18 heavy (non-hydrogen) atoms. The van der Waals surface area contributed by atoms with Gasteiger partial charge in [0, 0.05) is 5.56 Å². The maximum atomic E-state index is 10.3. The number of hydrogen-bond donors (Lipinski definition) is 0. The average molecular weight is 236 g/mol. The average Bonchev–Trinajstić information content (AvgIpc) is 2.48. The van der Waals surface area contributed by atoms with Crippen LogP contribution >= 0.6 is 0 Å². The van der Waals surface area contributed by atoms with Crippen LogP contribution in [0.3, 0.4) is 0 Å². The summed E-state index contributed by atoms with van der Waals surface area (Å²) in [5.74, 6) is 0. The van der Waals surface area contributed by atoms with Crippen molar-refractivity contribution in [1.29, 1.82) is 0 Å². The van der Waals surface area contributed by atoms with Gasteiger partial charge in [0.15, 0.2) is 6.29 Å². The Morgan fingerprint density at radius 3 is 1.67 bits per heavy atom. The fourth-order valence-corrected chi connectivity index (χ4v) is 1.39. The monoisotopic (exact) mass is 236 g/mol. The fraction of sp³-hybridized carbons (Fsp3) is 0. The molecule has 90 valence electrons. The van der Waals surface area contributed by atoms with E-state index in [1.807, 2.05) is 54.6 Å². The molecule has 0 fully saturated rings. The maximum absolute atomic E-state index is 10.3. The predicted molar refractivity (Wildman–Crippen MR) is 78.5 cm³/mol. The van der Waals surface area contributed by atoms with Gasteiger partial charge >= 0.3 is 0 Å². The molecule has 0 bridgehead atoms. The summed E-state index contributed by atoms with van der Waals surface area (Å²) in [4.78, 5) is 10.3. The van der Waals surface area contributed by atoms with Gasteiger partial charge in [-0.1, -0.05) is 79.9 Å². The van der Waals surface area contributed by atoms with Crippen molar-refractivity contribution in [2.24, 2.45) is 0 Å². The van der Waals surface area contributed by atoms with Crippen LogP contribution < -0.4 is 0 Å². The molecule has 0 aliphatic heterocycles. The minimum Gasteiger partial charge on any atom is -0.298 e. The molecule has 1 nitrogen and oxygen atoms in total. The summed E-state index contributed by atoms with van der Waals surface area (Å²) in [7, 11) is 0. The van der Waals surface area contributed by atoms with Crippen molar-refractivity contribution >= 4 is 18.4 Å². The van der Waals surface area contributed by atoms with Gasteiger partial charge in [-0.15, -0.1) is 0 Å². The smallest absolute Gasteiger partial charge is 0.150 e. The fourth-order valence-electron chi connectivity index (χ4n) is 1.39. The van der Waals surface area contributed by atoms with Gasteiger partial charge in [0.1, 0.15) is 0 Å². The lowest BCUT2D eigenvalue weighted by Gasteiger charge is -1.94. The van der Waals surface area contributed by atoms with E-state index in [0.717, 1.165) is 11.8 Å². The lowest BCUT2D eigenvalue weighted by molar-refractivity contribution is 0.112. The van der Waals surface area contributed by atoms with Gasteiger partial charge in [-0.25, -0.2) is 0 Å². The Balaban J connectivity index is 0.000000184. The zero-order valence-electron chi connectivity index (χ0n) is 10.3. The Labute approximate surface area is 108 Å². The van der Waals surface area contributed by atoms with E-state index in [0.29, 0.717) is 5.56 Å². The number of rotatable bonds is 3. The number of carbonyl (C=O) groups is 1. The molecule has 0 amide bonds. The van der Waals surface area contributed by atoms with E-state index in [-0.39, 0.29) is 0 Å². The second-order valence-corrected chi connectivity index (χ2v) is 3.57. The largest absolute Gasteiger partial charge is 0.298 e. The molecule has 0 saturated carbocycles. The molecule has 0 aliphatic rings. The quantitative estimate of drug-likeness (QED) is 0.718. The van der Waals surface area contributed by atoms with Crippen LogP contribution in [0.25, 0.3) is 12.2 Å². The molecule has 0 atom stereocenters. The van der Waals surface area contributed by atoms with Crippen molar-refractivity contribution in [1.82, 2.24) is 0 Å². The molecular formula is C17H16O. The topological polar surface area (TPSA) is 17.1 Å². The van der Waals surface area contributed by atoms with E-state index in [2.05, 4.69) is 13.2 Å². The third-order valence-corrected chi connectivity index (χ3v) is 2.38. The van der Waals surface area contributed by atoms with Crippen LogP contribution in [0, 0.1) is 0 Å². The molecule has 0 spiro atoms. The van der Waals surface area contributed by atoms with Crippen LogP contribution in [0.2, 0.25) is 0 Å². The molecule has 2 aromatic carbocycles. The summed E-state index contributed by atoms with van der Waals surface area (Å²) in [6.45, 7) is 7.21. The van der Waals surface area contributed by atoms with Crippen molar-refractivity contribution in [2.75, 3.05) is 0 Å². The van der Waals surface area contributed by atoms with E-state index in [1.165, 1.54) is 5.56 Å². The maximum Gasteiger partial charge on any atom is 0.150 e. The van der Waals surface area contributed by atoms with E-state index < -0.39 is 0 Å². The third-order valence-electron chi connectivity index (χ3n) is 2.38. The van der Waals surface area contributed by atoms with Crippen LogP contribution in [-0.4, -0.2) is 6.29 Å². The molecule has 0 aliphatic carbocycles. The third kappa shape index (κ3) is 4.22. The summed E-state index contributed by atoms with van der Waals surface area (Å²) in [6, 6.07) is 17.4. The van der Waals surface area contributed by atoms with E-state index in [9.17, 15) is 4.79 Å². The first kappa shape index (κ1) is 13.7. The second-order valence-electron chi connectivity index (χ2n) is 3.57. The molecule has 0 aromatic heterocycles. The van der Waals surface area contributed by atoms with Crippen LogP contribution in [0.4, 0.5) is 0 Å². The first-order valence-corrected chi connectivity index (χ1v) is 5.66. The van der Waals surface area contributed by atoms with Gasteiger partial charge in [-0.2, -0.15) is 0 Å². The summed E-state index contributed by atoms with van der Waals surface area (Å²) < 4.78 is 0. The zero-order valence-corrected chi connectivity index (χ0v) is 10.3. The first-order valence-electron chi connectivity index (χ1n) is 5.66. The molecule has 0 unspecified atom stereocenters. The Hall–Kier alpha value is -2.41. The van der Waals surface area contributed by atoms with Crippen molar-refractivity contribution in [3.63, 3.8) is 0 Å². The van der Waals surface area contributed by atoms with Crippen molar-refractivity contribution in [3.05, 3.63) is 84.4 Å². The van der Waals surface area contributed by atoms with Crippen LogP contribution in [-0.2, 0) is 0 Å². The molecule has 1 heteroatoms. The molecular weight excluding hydrogens is 220 g/mol. The number of benzene rings is 2. The molecule has 2 aromatic rings. The molecule has 0 saturated heterocycles. The summed E-state index contributed by atoms with van der Waals surface area (Å²) >= 11 is 0. The van der Waals surface area contributed by atoms with Crippen LogP contribution in [0.1, 0.15) is 21.5 Å². The highest BCUT2D eigenvalue weighted by Crippen LogP contribution is 2.06. The van der Waals surface area contributed by atoms with Crippen LogP contribution in [0.15, 0.2) is 67.8 Å². The Morgan fingerprint density at radius 1 is 0.722 bits per heavy atom. The molecule has 0 radical (unpaired) electrons. The van der Waals surface area contributed by atoms with Crippen LogP contribution in [0.5, 0.6) is 0 Å². The second kappa shape index (κ2) is 7.80. The lowest BCUT2D eigenvalue weighted by Crippen LogP contribution is -1.82. The van der Waals surface area contributed by atoms with Gasteiger partial charge in [-0.3, -0.25) is 4.79 Å². The van der Waals surface area contributed by atoms with Crippen molar-refractivity contribution < 1.29 is 4.79 Å². The van der Waals surface area contributed by atoms with E-state index in [1.54, 1.807) is 12.1 Å². The molecule has 0 heterocycles. The van der Waals surface area contributed by atoms with Gasteiger partial charge in [-0.05, 0) is 11.1 Å². The predicted octanol–water partition coefficient (Wildman–Crippen LogP) is 4.47. The highest BCUT2D eigenvalue weighted by atomic mass is 16.1. The van der Waals surface area contributed by atoms with Gasteiger partial charge in [0.05, 0.1) is 0 Å². The van der Waals surface area contributed by atoms with Crippen molar-refractivity contribution in [3.8, 4) is 0 Å². The van der Waals surface area contributed by atoms with E-state index in [4.69, 9.17) is 0 Å². The van der Waals surface area contributed by atoms with E-state index >= 15 is 0 Å². The minimum absolute atomic E-state index is 0.692. The lowest BCUT2D eigenvalue weighted by atomic mass is 10.1. The summed E-state index contributed by atoms with van der Waals surface area (Å²) in [5.41, 5.74) is 2.75. The normalized spacial score (nSPS) is 8.67. The molecule has 0 N–H and O–H groups in total. The highest BCUT2D eigenvalue weighted by molar-refractivity contribution is 5.81. The summed E-state index contributed by atoms with van der Waals surface area (Å²) in [5, 5.41) is 0. The van der Waals surface area contributed by atoms with Gasteiger partial charge in [0.2, 0.25) is 0 Å². The minimum atomic E-state index is 0.692. The number of carbonyl (C=O) groups excluding carboxylic acids is 1. The zero-order chi connectivity index (χ0) is 13.2. The SMILES string of the molecule is C=Cc1ccccc1.C=Cc1ccccc1C=O. The standard InChI is InChI=1S/C9H8O.C8H8/c1-2-8-5-3-4-6-9(8)7-10;1-2-8-6-4-3-5-7-8/h2-7H,1H2;2-7H,1H2. The molecule has 2 rings (SSSR count). The number of aldehydes is 1. The van der Waals surface area contributed by atoms with Gasteiger partial charge in [0.25, 0.3) is 0 Å². The number of hydrogen-bond acceptors (Lipinski definition) is 1. The Kier molecular flexibility index (Phi) is 5.91. The summed E-state index contributed by atoms with van der Waals surface area (Å²) in [6.07, 6.45) is 4.33. The Morgan fingerprint density at radius 2 is 1.28 bits per heavy atom. The first-order chi connectivity index (χ1) is 8.81. The van der Waals surface area contributed by atoms with Gasteiger partial charge < -0.3 is 0 Å². The highest BCUT2D eigenvalue weighted by Gasteiger charge is 1.92. The van der Waals surface area contributed by atoms with Crippen molar-refractivity contribution in [2.45, 2.75) is 0 Å². The Bertz CT molecular complexity index is 485.